The molecule has 1 aliphatic rings. The van der Waals surface area contributed by atoms with Gasteiger partial charge in [0.15, 0.2) is 0 Å². The van der Waals surface area contributed by atoms with Crippen molar-refractivity contribution in [2.75, 3.05) is 6.54 Å². The van der Waals surface area contributed by atoms with Crippen LogP contribution in [-0.2, 0) is 5.41 Å². The third-order valence-corrected chi connectivity index (χ3v) is 4.12. The highest BCUT2D eigenvalue weighted by atomic mass is 14.9. The van der Waals surface area contributed by atoms with Crippen LogP contribution in [0.4, 0.5) is 0 Å². The molecule has 2 heteroatoms. The highest BCUT2D eigenvalue weighted by Crippen LogP contribution is 2.56. The van der Waals surface area contributed by atoms with E-state index < -0.39 is 0 Å². The zero-order chi connectivity index (χ0) is 13.1. The van der Waals surface area contributed by atoms with Crippen LogP contribution in [0.1, 0.15) is 36.9 Å². The van der Waals surface area contributed by atoms with Crippen molar-refractivity contribution in [2.24, 2.45) is 0 Å². The van der Waals surface area contributed by atoms with E-state index in [-0.39, 0.29) is 5.41 Å². The topological polar surface area (TPSA) is 24.9 Å². The van der Waals surface area contributed by atoms with Crippen LogP contribution in [0, 0.1) is 0 Å². The van der Waals surface area contributed by atoms with Crippen molar-refractivity contribution in [2.45, 2.75) is 31.2 Å². The molecule has 2 aromatic rings. The number of hydrogen-bond donors (Lipinski definition) is 1. The molecule has 0 spiro atoms. The third kappa shape index (κ3) is 2.28. The van der Waals surface area contributed by atoms with Crippen LogP contribution in [0.5, 0.6) is 0 Å². The first-order chi connectivity index (χ1) is 9.37. The molecule has 1 N–H and O–H groups in total. The van der Waals surface area contributed by atoms with Crippen molar-refractivity contribution in [1.29, 1.82) is 0 Å². The SMILES string of the molecule is CCNC(c1cccnc1)C1(c2ccccc2)CC1. The molecular weight excluding hydrogens is 232 g/mol. The second-order valence-electron chi connectivity index (χ2n) is 5.30. The predicted octanol–water partition coefficient (Wildman–Crippen LogP) is 3.46. The Labute approximate surface area is 114 Å². The van der Waals surface area contributed by atoms with Gasteiger partial charge in [0, 0.05) is 23.9 Å². The first-order valence-corrected chi connectivity index (χ1v) is 7.05. The van der Waals surface area contributed by atoms with Gasteiger partial charge in [-0.25, -0.2) is 0 Å². The highest BCUT2D eigenvalue weighted by molar-refractivity contribution is 5.37. The summed E-state index contributed by atoms with van der Waals surface area (Å²) in [4.78, 5) is 4.28. The summed E-state index contributed by atoms with van der Waals surface area (Å²) in [6.07, 6.45) is 6.35. The second-order valence-corrected chi connectivity index (χ2v) is 5.30. The molecule has 1 fully saturated rings. The van der Waals surface area contributed by atoms with Crippen molar-refractivity contribution in [1.82, 2.24) is 10.3 Å². The number of nitrogens with one attached hydrogen (secondary N) is 1. The summed E-state index contributed by atoms with van der Waals surface area (Å²) in [6.45, 7) is 3.15. The summed E-state index contributed by atoms with van der Waals surface area (Å²) in [7, 11) is 0. The summed E-state index contributed by atoms with van der Waals surface area (Å²) in [5, 5.41) is 3.66. The summed E-state index contributed by atoms with van der Waals surface area (Å²) < 4.78 is 0. The lowest BCUT2D eigenvalue weighted by Gasteiger charge is -2.28. The van der Waals surface area contributed by atoms with Crippen molar-refractivity contribution >= 4 is 0 Å². The number of likely N-dealkylation sites (N-methyl/N-ethyl adjacent to an activating group) is 1. The fraction of sp³-hybridized carbons (Fsp3) is 0.353. The summed E-state index contributed by atoms with van der Waals surface area (Å²) >= 11 is 0. The minimum absolute atomic E-state index is 0.264. The standard InChI is InChI=1S/C17H20N2/c1-2-19-16(14-7-6-12-18-13-14)17(10-11-17)15-8-4-3-5-9-15/h3-9,12-13,16,19H,2,10-11H2,1H3. The smallest absolute Gasteiger partial charge is 0.0433 e. The monoisotopic (exact) mass is 252 g/mol. The Balaban J connectivity index is 1.97. The lowest BCUT2D eigenvalue weighted by molar-refractivity contribution is 0.438. The molecule has 98 valence electrons. The van der Waals surface area contributed by atoms with Gasteiger partial charge in [-0.05, 0) is 36.6 Å². The van der Waals surface area contributed by atoms with Crippen molar-refractivity contribution < 1.29 is 0 Å². The molecule has 1 unspecified atom stereocenters. The van der Waals surface area contributed by atoms with Crippen LogP contribution in [0.3, 0.4) is 0 Å². The van der Waals surface area contributed by atoms with Gasteiger partial charge >= 0.3 is 0 Å². The maximum absolute atomic E-state index is 4.28. The zero-order valence-corrected chi connectivity index (χ0v) is 11.3. The van der Waals surface area contributed by atoms with Crippen LogP contribution in [0.25, 0.3) is 0 Å². The average Bonchev–Trinajstić information content (AvgIpc) is 3.28. The summed E-state index contributed by atoms with van der Waals surface area (Å²) in [5.74, 6) is 0. The Bertz CT molecular complexity index is 517. The second kappa shape index (κ2) is 5.14. The van der Waals surface area contributed by atoms with Gasteiger partial charge in [0.1, 0.15) is 0 Å². The maximum atomic E-state index is 4.28. The molecular formula is C17H20N2. The van der Waals surface area contributed by atoms with E-state index in [0.29, 0.717) is 6.04 Å². The highest BCUT2D eigenvalue weighted by Gasteiger charge is 2.50. The lowest BCUT2D eigenvalue weighted by atomic mass is 9.84. The van der Waals surface area contributed by atoms with Gasteiger partial charge < -0.3 is 5.32 Å². The number of aromatic nitrogens is 1. The predicted molar refractivity (Wildman–Crippen MR) is 78.0 cm³/mol. The molecule has 0 saturated heterocycles. The molecule has 1 aromatic heterocycles. The Kier molecular flexibility index (Phi) is 3.34. The van der Waals surface area contributed by atoms with Crippen molar-refractivity contribution in [3.63, 3.8) is 0 Å². The van der Waals surface area contributed by atoms with Gasteiger partial charge in [0.25, 0.3) is 0 Å². The Morgan fingerprint density at radius 2 is 1.95 bits per heavy atom. The minimum Gasteiger partial charge on any atom is -0.309 e. The van der Waals surface area contributed by atoms with Crippen LogP contribution in [-0.4, -0.2) is 11.5 Å². The van der Waals surface area contributed by atoms with Gasteiger partial charge in [0.05, 0.1) is 0 Å². The fourth-order valence-corrected chi connectivity index (χ4v) is 3.03. The summed E-state index contributed by atoms with van der Waals surface area (Å²) in [5.41, 5.74) is 3.01. The van der Waals surface area contributed by atoms with Gasteiger partial charge in [0.2, 0.25) is 0 Å². The molecule has 1 saturated carbocycles. The molecule has 1 aliphatic carbocycles. The molecule has 0 radical (unpaired) electrons. The molecule has 1 atom stereocenters. The van der Waals surface area contributed by atoms with E-state index in [1.165, 1.54) is 24.0 Å². The van der Waals surface area contributed by atoms with Crippen LogP contribution in [0.2, 0.25) is 0 Å². The van der Waals surface area contributed by atoms with Crippen LogP contribution in [0.15, 0.2) is 54.9 Å². The number of hydrogen-bond acceptors (Lipinski definition) is 2. The van der Waals surface area contributed by atoms with E-state index >= 15 is 0 Å². The van der Waals surface area contributed by atoms with Gasteiger partial charge in [-0.3, -0.25) is 4.98 Å². The number of benzene rings is 1. The van der Waals surface area contributed by atoms with Crippen LogP contribution < -0.4 is 5.32 Å². The van der Waals surface area contributed by atoms with Crippen molar-refractivity contribution in [3.8, 4) is 0 Å². The van der Waals surface area contributed by atoms with Gasteiger partial charge in [-0.1, -0.05) is 43.3 Å². The molecule has 0 bridgehead atoms. The Hall–Kier alpha value is -1.67. The zero-order valence-electron chi connectivity index (χ0n) is 11.3. The van der Waals surface area contributed by atoms with E-state index in [2.05, 4.69) is 53.6 Å². The molecule has 19 heavy (non-hydrogen) atoms. The molecule has 3 rings (SSSR count). The van der Waals surface area contributed by atoms with E-state index in [0.717, 1.165) is 6.54 Å². The fourth-order valence-electron chi connectivity index (χ4n) is 3.03. The van der Waals surface area contributed by atoms with E-state index in [4.69, 9.17) is 0 Å². The molecule has 0 amide bonds. The minimum atomic E-state index is 0.264. The first kappa shape index (κ1) is 12.4. The van der Waals surface area contributed by atoms with E-state index in [9.17, 15) is 0 Å². The van der Waals surface area contributed by atoms with Crippen LogP contribution >= 0.6 is 0 Å². The first-order valence-electron chi connectivity index (χ1n) is 7.05. The largest absolute Gasteiger partial charge is 0.309 e. The Morgan fingerprint density at radius 3 is 2.53 bits per heavy atom. The third-order valence-electron chi connectivity index (χ3n) is 4.12. The van der Waals surface area contributed by atoms with E-state index in [1.54, 1.807) is 0 Å². The number of rotatable bonds is 5. The van der Waals surface area contributed by atoms with Gasteiger partial charge in [-0.2, -0.15) is 0 Å². The molecule has 1 heterocycles. The number of pyridine rings is 1. The van der Waals surface area contributed by atoms with E-state index in [1.807, 2.05) is 18.5 Å². The molecule has 2 nitrogen and oxygen atoms in total. The molecule has 1 aromatic carbocycles. The quantitative estimate of drug-likeness (QED) is 0.881. The summed E-state index contributed by atoms with van der Waals surface area (Å²) in [6, 6.07) is 15.5. The van der Waals surface area contributed by atoms with Crippen molar-refractivity contribution in [3.05, 3.63) is 66.0 Å². The lowest BCUT2D eigenvalue weighted by Crippen LogP contribution is -2.32. The number of nitrogens with zero attached hydrogens (tertiary/aromatic N) is 1. The maximum Gasteiger partial charge on any atom is 0.0433 e. The van der Waals surface area contributed by atoms with Gasteiger partial charge in [-0.15, -0.1) is 0 Å². The molecule has 0 aliphatic heterocycles. The normalized spacial score (nSPS) is 17.9. The average molecular weight is 252 g/mol. The Morgan fingerprint density at radius 1 is 1.16 bits per heavy atom.